The molecule has 1 aromatic rings. The molecule has 0 aromatic heterocycles. The predicted octanol–water partition coefficient (Wildman–Crippen LogP) is 5.50. The van der Waals surface area contributed by atoms with Crippen LogP contribution in [0.3, 0.4) is 0 Å². The van der Waals surface area contributed by atoms with E-state index in [0.29, 0.717) is 5.84 Å². The molecule has 1 aromatic carbocycles. The number of amidine groups is 1. The first-order valence-electron chi connectivity index (χ1n) is 9.98. The van der Waals surface area contributed by atoms with Crippen LogP contribution in [0.25, 0.3) is 0 Å². The van der Waals surface area contributed by atoms with Crippen molar-refractivity contribution in [2.24, 2.45) is 10.2 Å². The first-order chi connectivity index (χ1) is 12.2. The Morgan fingerprint density at radius 1 is 1.00 bits per heavy atom. The molecular weight excluding hydrogens is 330 g/mol. The third kappa shape index (κ3) is 6.99. The summed E-state index contributed by atoms with van der Waals surface area (Å²) in [6.45, 7) is 3.08. The van der Waals surface area contributed by atoms with Crippen LogP contribution in [0.2, 0.25) is 0 Å². The number of benzene rings is 1. The lowest BCUT2D eigenvalue weighted by molar-refractivity contribution is 0.575. The fraction of sp³-hybridized carbons (Fsp3) is 0.667. The van der Waals surface area contributed by atoms with Gasteiger partial charge in [-0.3, -0.25) is 0 Å². The molecule has 0 radical (unpaired) electrons. The third-order valence-electron chi connectivity index (χ3n) is 5.30. The Balaban J connectivity index is 1.60. The summed E-state index contributed by atoms with van der Waals surface area (Å²) in [6, 6.07) is 8.96. The van der Waals surface area contributed by atoms with Gasteiger partial charge >= 0.3 is 0 Å². The normalized spacial score (nSPS) is 16.2. The first kappa shape index (κ1) is 20.3. The van der Waals surface area contributed by atoms with Crippen molar-refractivity contribution in [1.82, 2.24) is 5.32 Å². The summed E-state index contributed by atoms with van der Waals surface area (Å²) in [5.41, 5.74) is 8.44. The molecule has 3 N–H and O–H groups in total. The number of hydrogen-bond acceptors (Lipinski definition) is 2. The highest BCUT2D eigenvalue weighted by Crippen LogP contribution is 2.36. The molecule has 2 rings (SSSR count). The Bertz CT molecular complexity index is 520. The van der Waals surface area contributed by atoms with E-state index >= 15 is 0 Å². The van der Waals surface area contributed by atoms with Gasteiger partial charge in [-0.05, 0) is 36.8 Å². The van der Waals surface area contributed by atoms with Crippen LogP contribution in [0.15, 0.2) is 28.8 Å². The number of halogens is 1. The van der Waals surface area contributed by atoms with Crippen LogP contribution >= 0.6 is 11.8 Å². The molecule has 3 nitrogen and oxygen atoms in total. The number of rotatable bonds is 13. The van der Waals surface area contributed by atoms with E-state index in [1.54, 1.807) is 0 Å². The quantitative estimate of drug-likeness (QED) is 0.276. The van der Waals surface area contributed by atoms with E-state index in [2.05, 4.69) is 41.0 Å². The van der Waals surface area contributed by atoms with Gasteiger partial charge in [0.1, 0.15) is 5.84 Å². The molecule has 4 heteroatoms. The van der Waals surface area contributed by atoms with Gasteiger partial charge < -0.3 is 11.1 Å². The molecule has 140 valence electrons. The van der Waals surface area contributed by atoms with E-state index in [9.17, 15) is 0 Å². The topological polar surface area (TPSA) is 50.4 Å². The van der Waals surface area contributed by atoms with Crippen molar-refractivity contribution >= 4 is 17.6 Å². The zero-order valence-corrected chi connectivity index (χ0v) is 16.5. The van der Waals surface area contributed by atoms with Crippen molar-refractivity contribution < 1.29 is 0 Å². The van der Waals surface area contributed by atoms with Crippen LogP contribution < -0.4 is 11.1 Å². The largest absolute Gasteiger partial charge is 0.385 e. The van der Waals surface area contributed by atoms with E-state index in [4.69, 9.17) is 17.5 Å². The van der Waals surface area contributed by atoms with Gasteiger partial charge in [0.25, 0.3) is 0 Å². The molecule has 0 aliphatic heterocycles. The summed E-state index contributed by atoms with van der Waals surface area (Å²) in [5.74, 6) is 0.514. The van der Waals surface area contributed by atoms with E-state index in [0.717, 1.165) is 19.4 Å². The minimum Gasteiger partial charge on any atom is -0.385 e. The Labute approximate surface area is 158 Å². The van der Waals surface area contributed by atoms with E-state index < -0.39 is 0 Å². The Kier molecular flexibility index (Phi) is 8.77. The van der Waals surface area contributed by atoms with Crippen molar-refractivity contribution in [2.75, 3.05) is 0 Å². The first-order valence-corrected chi connectivity index (χ1v) is 10.3. The van der Waals surface area contributed by atoms with Crippen molar-refractivity contribution in [3.63, 3.8) is 0 Å². The summed E-state index contributed by atoms with van der Waals surface area (Å²) in [5, 5.41) is 3.50. The molecule has 0 heterocycles. The molecule has 0 saturated heterocycles. The van der Waals surface area contributed by atoms with Gasteiger partial charge in [0.2, 0.25) is 0 Å². The fourth-order valence-corrected chi connectivity index (χ4v) is 3.45. The summed E-state index contributed by atoms with van der Waals surface area (Å²) in [7, 11) is 0. The molecular formula is C21H34ClN3. The molecule has 0 atom stereocenters. The number of aryl methyl sites for hydroxylation is 1. The lowest BCUT2D eigenvalue weighted by Gasteiger charge is -2.16. The Hall–Kier alpha value is -1.06. The maximum absolute atomic E-state index is 5.87. The summed E-state index contributed by atoms with van der Waals surface area (Å²) >= 11 is 5.50. The second kappa shape index (κ2) is 10.8. The third-order valence-corrected chi connectivity index (χ3v) is 5.49. The summed E-state index contributed by atoms with van der Waals surface area (Å²) in [4.78, 5) is 0. The average molecular weight is 364 g/mol. The Morgan fingerprint density at radius 2 is 1.56 bits per heavy atom. The van der Waals surface area contributed by atoms with E-state index in [1.807, 2.05) is 0 Å². The molecule has 1 fully saturated rings. The monoisotopic (exact) mass is 363 g/mol. The highest BCUT2D eigenvalue weighted by molar-refractivity contribution is 6.21. The molecule has 0 unspecified atom stereocenters. The predicted molar refractivity (Wildman–Crippen MR) is 109 cm³/mol. The minimum atomic E-state index is -0.155. The molecule has 0 spiro atoms. The van der Waals surface area contributed by atoms with Gasteiger partial charge in [0.15, 0.2) is 0 Å². The Morgan fingerprint density at radius 3 is 2.12 bits per heavy atom. The van der Waals surface area contributed by atoms with Crippen molar-refractivity contribution in [2.45, 2.75) is 89.6 Å². The van der Waals surface area contributed by atoms with Crippen molar-refractivity contribution in [1.29, 1.82) is 0 Å². The van der Waals surface area contributed by atoms with Crippen LogP contribution in [0.4, 0.5) is 0 Å². The second-order valence-electron chi connectivity index (χ2n) is 7.45. The number of hydrogen-bond donors (Lipinski definition) is 2. The summed E-state index contributed by atoms with van der Waals surface area (Å²) < 4.78 is 3.62. The van der Waals surface area contributed by atoms with Gasteiger partial charge in [0.05, 0.1) is 5.54 Å². The smallest absolute Gasteiger partial charge is 0.134 e. The minimum absolute atomic E-state index is 0.155. The molecule has 1 saturated carbocycles. The number of nitrogens with two attached hydrogens (primary N) is 1. The lowest BCUT2D eigenvalue weighted by atomic mass is 10.0. The SMILES string of the molecule is CCCCCCCCCCc1ccc(CNC2(/C(N)=N/Cl)CC2)cc1. The molecule has 25 heavy (non-hydrogen) atoms. The van der Waals surface area contributed by atoms with Gasteiger partial charge in [-0.25, -0.2) is 0 Å². The fourth-order valence-electron chi connectivity index (χ4n) is 3.29. The maximum atomic E-state index is 5.87. The van der Waals surface area contributed by atoms with Crippen LogP contribution in [-0.2, 0) is 13.0 Å². The maximum Gasteiger partial charge on any atom is 0.134 e. The molecule has 0 amide bonds. The van der Waals surface area contributed by atoms with Crippen LogP contribution in [0.5, 0.6) is 0 Å². The van der Waals surface area contributed by atoms with Gasteiger partial charge in [0, 0.05) is 18.3 Å². The standard InChI is InChI=1S/C21H34ClN3/c1-2-3-4-5-6-7-8-9-10-18-11-13-19(14-12-18)17-24-21(15-16-21)20(23)25-22/h11-14,24H,2-10,15-17H2,1H3,(H2,23,25). The zero-order valence-electron chi connectivity index (χ0n) is 15.7. The van der Waals surface area contributed by atoms with Crippen molar-refractivity contribution in [3.8, 4) is 0 Å². The highest BCUT2D eigenvalue weighted by atomic mass is 35.5. The highest BCUT2D eigenvalue weighted by Gasteiger charge is 2.46. The number of nitrogens with zero attached hydrogens (tertiary/aromatic N) is 1. The van der Waals surface area contributed by atoms with Gasteiger partial charge in [-0.15, -0.1) is 0 Å². The number of unbranched alkanes of at least 4 members (excludes halogenated alkanes) is 7. The van der Waals surface area contributed by atoms with Crippen molar-refractivity contribution in [3.05, 3.63) is 35.4 Å². The average Bonchev–Trinajstić information content (AvgIpc) is 3.44. The zero-order chi connectivity index (χ0) is 18.0. The number of nitrogens with one attached hydrogen (secondary N) is 1. The van der Waals surface area contributed by atoms with Crippen LogP contribution in [0, 0.1) is 0 Å². The lowest BCUT2D eigenvalue weighted by Crippen LogP contribution is -2.43. The van der Waals surface area contributed by atoms with Gasteiger partial charge in [-0.2, -0.15) is 4.51 Å². The van der Waals surface area contributed by atoms with Crippen LogP contribution in [-0.4, -0.2) is 11.4 Å². The van der Waals surface area contributed by atoms with E-state index in [1.165, 1.54) is 68.9 Å². The molecule has 1 aliphatic rings. The summed E-state index contributed by atoms with van der Waals surface area (Å²) in [6.07, 6.45) is 14.2. The van der Waals surface area contributed by atoms with E-state index in [-0.39, 0.29) is 5.54 Å². The molecule has 0 bridgehead atoms. The molecule has 1 aliphatic carbocycles. The second-order valence-corrected chi connectivity index (χ2v) is 7.62. The van der Waals surface area contributed by atoms with Crippen LogP contribution in [0.1, 0.15) is 82.3 Å². The van der Waals surface area contributed by atoms with Gasteiger partial charge in [-0.1, -0.05) is 76.1 Å².